The third-order valence-electron chi connectivity index (χ3n) is 3.36. The number of hydrogen-bond acceptors (Lipinski definition) is 2. The molecule has 0 amide bonds. The van der Waals surface area contributed by atoms with Crippen LogP contribution in [0, 0.1) is 6.92 Å². The van der Waals surface area contributed by atoms with E-state index in [9.17, 15) is 0 Å². The Morgan fingerprint density at radius 2 is 1.52 bits per heavy atom. The summed E-state index contributed by atoms with van der Waals surface area (Å²) < 4.78 is 11.6. The van der Waals surface area contributed by atoms with E-state index in [2.05, 4.69) is 0 Å². The molecule has 0 aliphatic carbocycles. The quantitative estimate of drug-likeness (QED) is 0.571. The number of hydrogen-bond donors (Lipinski definition) is 0. The molecule has 3 heteroatoms. The molecule has 0 aromatic heterocycles. The van der Waals surface area contributed by atoms with Gasteiger partial charge in [-0.2, -0.15) is 0 Å². The standard InChI is InChI=1S/C20H17ClO2/c1-15-8-10-18(11-9-15)23-20-7-3-6-19(13-20)22-14-16-4-2-5-17(21)12-16/h2-13H,14H2,1H3. The minimum Gasteiger partial charge on any atom is -0.489 e. The fourth-order valence-electron chi connectivity index (χ4n) is 2.16. The third-order valence-corrected chi connectivity index (χ3v) is 3.59. The normalized spacial score (nSPS) is 10.3. The van der Waals surface area contributed by atoms with Gasteiger partial charge in [0.05, 0.1) is 0 Å². The average Bonchev–Trinajstić information content (AvgIpc) is 2.56. The van der Waals surface area contributed by atoms with Crippen LogP contribution < -0.4 is 9.47 Å². The summed E-state index contributed by atoms with van der Waals surface area (Å²) in [4.78, 5) is 0. The van der Waals surface area contributed by atoms with Gasteiger partial charge in [0.1, 0.15) is 23.9 Å². The molecule has 3 rings (SSSR count). The predicted octanol–water partition coefficient (Wildman–Crippen LogP) is 6.02. The van der Waals surface area contributed by atoms with Gasteiger partial charge in [0.2, 0.25) is 0 Å². The lowest BCUT2D eigenvalue weighted by molar-refractivity contribution is 0.304. The SMILES string of the molecule is Cc1ccc(Oc2cccc(OCc3cccc(Cl)c3)c2)cc1. The molecule has 0 fully saturated rings. The van der Waals surface area contributed by atoms with E-state index in [4.69, 9.17) is 21.1 Å². The molecule has 3 aromatic rings. The Bertz CT molecular complexity index is 782. The Morgan fingerprint density at radius 3 is 2.30 bits per heavy atom. The number of benzene rings is 3. The van der Waals surface area contributed by atoms with Crippen molar-refractivity contribution < 1.29 is 9.47 Å². The van der Waals surface area contributed by atoms with E-state index in [1.165, 1.54) is 5.56 Å². The van der Waals surface area contributed by atoms with Gasteiger partial charge in [-0.1, -0.05) is 47.5 Å². The van der Waals surface area contributed by atoms with Crippen molar-refractivity contribution in [3.05, 3.63) is 88.9 Å². The van der Waals surface area contributed by atoms with Gasteiger partial charge in [0, 0.05) is 11.1 Å². The molecule has 23 heavy (non-hydrogen) atoms. The highest BCUT2D eigenvalue weighted by atomic mass is 35.5. The smallest absolute Gasteiger partial charge is 0.131 e. The second kappa shape index (κ2) is 7.21. The topological polar surface area (TPSA) is 18.5 Å². The Hall–Kier alpha value is -2.45. The molecule has 0 bridgehead atoms. The van der Waals surface area contributed by atoms with Gasteiger partial charge in [-0.3, -0.25) is 0 Å². The summed E-state index contributed by atoms with van der Waals surface area (Å²) in [6.07, 6.45) is 0. The monoisotopic (exact) mass is 324 g/mol. The summed E-state index contributed by atoms with van der Waals surface area (Å²) in [6, 6.07) is 23.2. The lowest BCUT2D eigenvalue weighted by Crippen LogP contribution is -1.95. The molecule has 0 spiro atoms. The minimum absolute atomic E-state index is 0.467. The summed E-state index contributed by atoms with van der Waals surface area (Å²) >= 11 is 5.98. The molecule has 0 radical (unpaired) electrons. The largest absolute Gasteiger partial charge is 0.489 e. The summed E-state index contributed by atoms with van der Waals surface area (Å²) in [5, 5.41) is 0.711. The van der Waals surface area contributed by atoms with Crippen LogP contribution in [0.5, 0.6) is 17.2 Å². The highest BCUT2D eigenvalue weighted by molar-refractivity contribution is 6.30. The summed E-state index contributed by atoms with van der Waals surface area (Å²) in [7, 11) is 0. The van der Waals surface area contributed by atoms with E-state index in [1.54, 1.807) is 0 Å². The molecule has 0 aliphatic rings. The van der Waals surface area contributed by atoms with Gasteiger partial charge < -0.3 is 9.47 Å². The van der Waals surface area contributed by atoms with Crippen molar-refractivity contribution >= 4 is 11.6 Å². The maximum absolute atomic E-state index is 5.98. The molecule has 0 heterocycles. The lowest BCUT2D eigenvalue weighted by atomic mass is 10.2. The molecule has 2 nitrogen and oxygen atoms in total. The summed E-state index contributed by atoms with van der Waals surface area (Å²) in [6.45, 7) is 2.52. The van der Waals surface area contributed by atoms with E-state index in [0.717, 1.165) is 22.8 Å². The van der Waals surface area contributed by atoms with E-state index in [1.807, 2.05) is 79.7 Å². The van der Waals surface area contributed by atoms with Crippen LogP contribution in [-0.4, -0.2) is 0 Å². The molecule has 3 aromatic carbocycles. The third kappa shape index (κ3) is 4.51. The Kier molecular flexibility index (Phi) is 4.84. The van der Waals surface area contributed by atoms with Crippen molar-refractivity contribution in [1.82, 2.24) is 0 Å². The first-order valence-electron chi connectivity index (χ1n) is 7.41. The molecule has 0 saturated heterocycles. The van der Waals surface area contributed by atoms with E-state index in [0.29, 0.717) is 11.6 Å². The van der Waals surface area contributed by atoms with Crippen molar-refractivity contribution in [1.29, 1.82) is 0 Å². The van der Waals surface area contributed by atoms with Gasteiger partial charge in [0.25, 0.3) is 0 Å². The van der Waals surface area contributed by atoms with E-state index in [-0.39, 0.29) is 0 Å². The molecular weight excluding hydrogens is 308 g/mol. The van der Waals surface area contributed by atoms with Crippen molar-refractivity contribution in [2.45, 2.75) is 13.5 Å². The molecule has 0 atom stereocenters. The van der Waals surface area contributed by atoms with Crippen LogP contribution in [0.1, 0.15) is 11.1 Å². The summed E-state index contributed by atoms with van der Waals surface area (Å²) in [5.74, 6) is 2.31. The zero-order valence-corrected chi connectivity index (χ0v) is 13.6. The fourth-order valence-corrected chi connectivity index (χ4v) is 2.38. The Balaban J connectivity index is 1.66. The second-order valence-electron chi connectivity index (χ2n) is 5.31. The maximum Gasteiger partial charge on any atom is 0.131 e. The Morgan fingerprint density at radius 1 is 0.783 bits per heavy atom. The first-order valence-corrected chi connectivity index (χ1v) is 7.79. The van der Waals surface area contributed by atoms with Crippen molar-refractivity contribution in [2.24, 2.45) is 0 Å². The second-order valence-corrected chi connectivity index (χ2v) is 5.75. The van der Waals surface area contributed by atoms with Crippen molar-refractivity contribution in [3.63, 3.8) is 0 Å². The number of rotatable bonds is 5. The van der Waals surface area contributed by atoms with Gasteiger partial charge >= 0.3 is 0 Å². The van der Waals surface area contributed by atoms with Crippen LogP contribution in [0.25, 0.3) is 0 Å². The molecule has 0 N–H and O–H groups in total. The zero-order valence-electron chi connectivity index (χ0n) is 12.8. The first kappa shape index (κ1) is 15.4. The van der Waals surface area contributed by atoms with Crippen molar-refractivity contribution in [2.75, 3.05) is 0 Å². The van der Waals surface area contributed by atoms with Crippen LogP contribution in [0.2, 0.25) is 5.02 Å². The number of aryl methyl sites for hydroxylation is 1. The molecule has 116 valence electrons. The fraction of sp³-hybridized carbons (Fsp3) is 0.100. The maximum atomic E-state index is 5.98. The molecule has 0 aliphatic heterocycles. The lowest BCUT2D eigenvalue weighted by Gasteiger charge is -2.10. The number of halogens is 1. The zero-order chi connectivity index (χ0) is 16.1. The molecule has 0 saturated carbocycles. The minimum atomic E-state index is 0.467. The van der Waals surface area contributed by atoms with E-state index >= 15 is 0 Å². The predicted molar refractivity (Wildman–Crippen MR) is 93.5 cm³/mol. The van der Waals surface area contributed by atoms with Gasteiger partial charge in [0.15, 0.2) is 0 Å². The van der Waals surface area contributed by atoms with Crippen LogP contribution in [0.15, 0.2) is 72.8 Å². The average molecular weight is 325 g/mol. The van der Waals surface area contributed by atoms with Crippen LogP contribution in [-0.2, 0) is 6.61 Å². The van der Waals surface area contributed by atoms with Crippen LogP contribution in [0.3, 0.4) is 0 Å². The first-order chi connectivity index (χ1) is 11.2. The molecule has 0 unspecified atom stereocenters. The van der Waals surface area contributed by atoms with Crippen molar-refractivity contribution in [3.8, 4) is 17.2 Å². The van der Waals surface area contributed by atoms with Crippen LogP contribution >= 0.6 is 11.6 Å². The van der Waals surface area contributed by atoms with Gasteiger partial charge in [-0.25, -0.2) is 0 Å². The van der Waals surface area contributed by atoms with Crippen LogP contribution in [0.4, 0.5) is 0 Å². The highest BCUT2D eigenvalue weighted by Gasteiger charge is 2.01. The summed E-state index contributed by atoms with van der Waals surface area (Å²) in [5.41, 5.74) is 2.23. The Labute approximate surface area is 141 Å². The number of ether oxygens (including phenoxy) is 2. The highest BCUT2D eigenvalue weighted by Crippen LogP contribution is 2.26. The molecular formula is C20H17ClO2. The van der Waals surface area contributed by atoms with Gasteiger partial charge in [-0.05, 0) is 48.9 Å². The van der Waals surface area contributed by atoms with E-state index < -0.39 is 0 Å². The van der Waals surface area contributed by atoms with Gasteiger partial charge in [-0.15, -0.1) is 0 Å².